The van der Waals surface area contributed by atoms with Crippen LogP contribution in [-0.2, 0) is 17.6 Å². The summed E-state index contributed by atoms with van der Waals surface area (Å²) in [5.74, 6) is 0.544. The third-order valence-corrected chi connectivity index (χ3v) is 5.07. The molecule has 2 fully saturated rings. The third-order valence-electron chi connectivity index (χ3n) is 5.07. The number of pyridine rings is 1. The summed E-state index contributed by atoms with van der Waals surface area (Å²) in [6.07, 6.45) is 4.17. The second-order valence-electron chi connectivity index (χ2n) is 6.24. The summed E-state index contributed by atoms with van der Waals surface area (Å²) in [4.78, 5) is 16.3. The average Bonchev–Trinajstić information content (AvgIpc) is 3.09. The van der Waals surface area contributed by atoms with Crippen molar-refractivity contribution >= 4 is 11.7 Å². The van der Waals surface area contributed by atoms with Crippen LogP contribution in [0.4, 0.5) is 5.82 Å². The Morgan fingerprint density at radius 3 is 3.10 bits per heavy atom. The highest BCUT2D eigenvalue weighted by atomic mass is 16.5. The fourth-order valence-electron chi connectivity index (χ4n) is 3.86. The van der Waals surface area contributed by atoms with Crippen molar-refractivity contribution in [3.63, 3.8) is 0 Å². The van der Waals surface area contributed by atoms with E-state index in [1.165, 1.54) is 0 Å². The Labute approximate surface area is 123 Å². The van der Waals surface area contributed by atoms with Gasteiger partial charge >= 0.3 is 0 Å². The lowest BCUT2D eigenvalue weighted by Crippen LogP contribution is -2.65. The maximum atomic E-state index is 11.7. The summed E-state index contributed by atoms with van der Waals surface area (Å²) in [6.45, 7) is 0.765. The maximum absolute atomic E-state index is 11.7. The molecule has 0 spiro atoms. The Kier molecular flexibility index (Phi) is 2.90. The molecule has 1 saturated carbocycles. The predicted molar refractivity (Wildman–Crippen MR) is 78.0 cm³/mol. The van der Waals surface area contributed by atoms with Crippen molar-refractivity contribution in [3.05, 3.63) is 22.9 Å². The molecule has 0 aromatic carbocycles. The summed E-state index contributed by atoms with van der Waals surface area (Å²) in [5, 5.41) is 3.32. The summed E-state index contributed by atoms with van der Waals surface area (Å²) in [7, 11) is 0. The van der Waals surface area contributed by atoms with Gasteiger partial charge in [-0.25, -0.2) is 4.98 Å². The highest BCUT2D eigenvalue weighted by molar-refractivity contribution is 5.98. The molecule has 1 aromatic heterocycles. The summed E-state index contributed by atoms with van der Waals surface area (Å²) in [6, 6.07) is 1.95. The first-order valence-electron chi connectivity index (χ1n) is 7.61. The number of amides is 1. The van der Waals surface area contributed by atoms with Crippen LogP contribution >= 0.6 is 0 Å². The molecule has 4 atom stereocenters. The Hall–Kier alpha value is -1.66. The average molecular weight is 288 g/mol. The van der Waals surface area contributed by atoms with Crippen LogP contribution in [0.5, 0.6) is 0 Å². The smallest absolute Gasteiger partial charge is 0.252 e. The van der Waals surface area contributed by atoms with Gasteiger partial charge in [-0.3, -0.25) is 4.79 Å². The molecule has 2 aliphatic carbocycles. The second kappa shape index (κ2) is 4.68. The number of aromatic nitrogens is 1. The number of anilines is 1. The molecule has 0 radical (unpaired) electrons. The van der Waals surface area contributed by atoms with E-state index in [9.17, 15) is 4.79 Å². The molecule has 112 valence electrons. The fourth-order valence-corrected chi connectivity index (χ4v) is 3.86. The number of primary amides is 1. The van der Waals surface area contributed by atoms with E-state index in [-0.39, 0.29) is 18.2 Å². The minimum absolute atomic E-state index is 0.0163. The quantitative estimate of drug-likeness (QED) is 0.737. The molecule has 4 rings (SSSR count). The molecule has 6 heteroatoms. The number of hydrogen-bond acceptors (Lipinski definition) is 5. The van der Waals surface area contributed by atoms with E-state index in [0.717, 1.165) is 43.5 Å². The normalized spacial score (nSPS) is 33.2. The highest BCUT2D eigenvalue weighted by Crippen LogP contribution is 2.39. The number of aryl methyl sites for hydroxylation is 2. The van der Waals surface area contributed by atoms with E-state index in [1.54, 1.807) is 0 Å². The number of hydrogen-bond donors (Lipinski definition) is 3. The second-order valence-corrected chi connectivity index (χ2v) is 6.24. The summed E-state index contributed by atoms with van der Waals surface area (Å²) in [5.41, 5.74) is 14.4. The van der Waals surface area contributed by atoms with Gasteiger partial charge in [-0.1, -0.05) is 0 Å². The molecular formula is C15H20N4O2. The molecule has 1 amide bonds. The zero-order chi connectivity index (χ0) is 14.6. The van der Waals surface area contributed by atoms with Crippen LogP contribution in [0.25, 0.3) is 0 Å². The lowest BCUT2D eigenvalue weighted by Gasteiger charge is -2.46. The lowest BCUT2D eigenvalue weighted by molar-refractivity contribution is 0.00520. The van der Waals surface area contributed by atoms with E-state index in [2.05, 4.69) is 10.3 Å². The van der Waals surface area contributed by atoms with Gasteiger partial charge in [-0.15, -0.1) is 0 Å². The predicted octanol–water partition coefficient (Wildman–Crippen LogP) is 0.196. The topological polar surface area (TPSA) is 103 Å². The molecule has 1 aliphatic heterocycles. The number of carbonyl (C=O) groups is 1. The van der Waals surface area contributed by atoms with Gasteiger partial charge in [0.25, 0.3) is 5.91 Å². The van der Waals surface area contributed by atoms with Gasteiger partial charge in [-0.2, -0.15) is 0 Å². The number of ether oxygens (including phenoxy) is 1. The molecule has 1 saturated heterocycles. The van der Waals surface area contributed by atoms with Crippen LogP contribution < -0.4 is 16.8 Å². The minimum Gasteiger partial charge on any atom is -0.376 e. The van der Waals surface area contributed by atoms with Gasteiger partial charge in [0, 0.05) is 24.3 Å². The first-order chi connectivity index (χ1) is 10.1. The van der Waals surface area contributed by atoms with Gasteiger partial charge in [0.2, 0.25) is 0 Å². The van der Waals surface area contributed by atoms with Crippen LogP contribution in [0.3, 0.4) is 0 Å². The number of nitrogens with one attached hydrogen (secondary N) is 1. The third kappa shape index (κ3) is 1.93. The zero-order valence-corrected chi connectivity index (χ0v) is 11.8. The van der Waals surface area contributed by atoms with Crippen molar-refractivity contribution in [3.8, 4) is 0 Å². The standard InChI is InChI=1S/C15H20N4O2/c16-11-8-4-5-21-13(8)12(11)19-15-9(14(17)20)6-7-2-1-3-10(7)18-15/h6,8,11-13H,1-5,16H2,(H2,17,20)(H,18,19). The van der Waals surface area contributed by atoms with Crippen molar-refractivity contribution in [2.45, 2.75) is 43.9 Å². The van der Waals surface area contributed by atoms with E-state index in [4.69, 9.17) is 16.2 Å². The van der Waals surface area contributed by atoms with Crippen LogP contribution in [0.15, 0.2) is 6.07 Å². The van der Waals surface area contributed by atoms with Crippen molar-refractivity contribution in [2.75, 3.05) is 11.9 Å². The molecule has 5 N–H and O–H groups in total. The van der Waals surface area contributed by atoms with Gasteiger partial charge in [0.05, 0.1) is 17.7 Å². The van der Waals surface area contributed by atoms with Gasteiger partial charge in [-0.05, 0) is 37.3 Å². The van der Waals surface area contributed by atoms with E-state index in [0.29, 0.717) is 17.3 Å². The van der Waals surface area contributed by atoms with Gasteiger partial charge < -0.3 is 21.5 Å². The van der Waals surface area contributed by atoms with E-state index in [1.807, 2.05) is 6.07 Å². The van der Waals surface area contributed by atoms with Crippen molar-refractivity contribution in [1.82, 2.24) is 4.98 Å². The summed E-state index contributed by atoms with van der Waals surface area (Å²) < 4.78 is 5.71. The molecule has 6 nitrogen and oxygen atoms in total. The minimum atomic E-state index is -0.448. The first kappa shape index (κ1) is 13.0. The molecule has 2 heterocycles. The van der Waals surface area contributed by atoms with Crippen LogP contribution in [-0.4, -0.2) is 35.7 Å². The van der Waals surface area contributed by atoms with E-state index >= 15 is 0 Å². The monoisotopic (exact) mass is 288 g/mol. The SMILES string of the molecule is NC(=O)c1cc2c(nc1NC1C(N)C3CCOC31)CCC2. The zero-order valence-electron chi connectivity index (χ0n) is 11.8. The van der Waals surface area contributed by atoms with Crippen LogP contribution in [0, 0.1) is 5.92 Å². The number of carbonyl (C=O) groups excluding carboxylic acids is 1. The highest BCUT2D eigenvalue weighted by Gasteiger charge is 2.52. The molecule has 0 bridgehead atoms. The molecular weight excluding hydrogens is 268 g/mol. The van der Waals surface area contributed by atoms with Gasteiger partial charge in [0.1, 0.15) is 5.82 Å². The van der Waals surface area contributed by atoms with Crippen LogP contribution in [0.1, 0.15) is 34.5 Å². The Morgan fingerprint density at radius 2 is 2.29 bits per heavy atom. The number of nitrogens with two attached hydrogens (primary N) is 2. The van der Waals surface area contributed by atoms with Crippen LogP contribution in [0.2, 0.25) is 0 Å². The molecule has 1 aromatic rings. The molecule has 4 unspecified atom stereocenters. The maximum Gasteiger partial charge on any atom is 0.252 e. The van der Waals surface area contributed by atoms with Crippen molar-refractivity contribution < 1.29 is 9.53 Å². The van der Waals surface area contributed by atoms with Gasteiger partial charge in [0.15, 0.2) is 0 Å². The molecule has 21 heavy (non-hydrogen) atoms. The Balaban J connectivity index is 1.64. The number of nitrogens with zero attached hydrogens (tertiary/aromatic N) is 1. The first-order valence-corrected chi connectivity index (χ1v) is 7.61. The number of fused-ring (bicyclic) bond motifs is 2. The fraction of sp³-hybridized carbons (Fsp3) is 0.600. The van der Waals surface area contributed by atoms with E-state index < -0.39 is 5.91 Å². The largest absolute Gasteiger partial charge is 0.376 e. The Bertz CT molecular complexity index is 604. The van der Waals surface area contributed by atoms with Crippen molar-refractivity contribution in [2.24, 2.45) is 17.4 Å². The van der Waals surface area contributed by atoms with Crippen molar-refractivity contribution in [1.29, 1.82) is 0 Å². The number of rotatable bonds is 3. The summed E-state index contributed by atoms with van der Waals surface area (Å²) >= 11 is 0. The lowest BCUT2D eigenvalue weighted by atomic mass is 9.72. The molecule has 3 aliphatic rings. The Morgan fingerprint density at radius 1 is 1.43 bits per heavy atom.